The van der Waals surface area contributed by atoms with Gasteiger partial charge in [-0.15, -0.1) is 0 Å². The van der Waals surface area contributed by atoms with Crippen molar-refractivity contribution >= 4 is 5.69 Å². The lowest BCUT2D eigenvalue weighted by Gasteiger charge is -2.20. The molecule has 25 heavy (non-hydrogen) atoms. The van der Waals surface area contributed by atoms with Crippen molar-refractivity contribution in [2.45, 2.75) is 25.4 Å². The highest BCUT2D eigenvalue weighted by Crippen LogP contribution is 2.36. The quantitative estimate of drug-likeness (QED) is 0.912. The van der Waals surface area contributed by atoms with E-state index < -0.39 is 11.9 Å². The van der Waals surface area contributed by atoms with Gasteiger partial charge in [-0.25, -0.2) is 0 Å². The fraction of sp³-hybridized carbons (Fsp3) is 0.412. The Bertz CT molecular complexity index is 778. The van der Waals surface area contributed by atoms with E-state index in [0.717, 1.165) is 36.2 Å². The van der Waals surface area contributed by atoms with Gasteiger partial charge >= 0.3 is 12.2 Å². The average molecular weight is 353 g/mol. The number of halogens is 3. The van der Waals surface area contributed by atoms with Gasteiger partial charge in [-0.1, -0.05) is 12.1 Å². The summed E-state index contributed by atoms with van der Waals surface area (Å²) in [5, 5.41) is 3.28. The van der Waals surface area contributed by atoms with Gasteiger partial charge in [0.15, 0.2) is 5.69 Å². The maximum Gasteiger partial charge on any atom is 0.434 e. The second-order valence-electron chi connectivity index (χ2n) is 5.74. The Labute approximate surface area is 143 Å². The van der Waals surface area contributed by atoms with Crippen LogP contribution in [0.4, 0.5) is 18.9 Å². The van der Waals surface area contributed by atoms with Crippen molar-refractivity contribution < 1.29 is 22.6 Å². The van der Waals surface area contributed by atoms with E-state index in [0.29, 0.717) is 0 Å². The Morgan fingerprint density at radius 1 is 1.16 bits per heavy atom. The molecule has 2 aromatic rings. The van der Waals surface area contributed by atoms with Gasteiger partial charge < -0.3 is 14.8 Å². The molecule has 1 aromatic heterocycles. The van der Waals surface area contributed by atoms with Crippen molar-refractivity contribution in [3.63, 3.8) is 0 Å². The fourth-order valence-corrected chi connectivity index (χ4v) is 2.94. The van der Waals surface area contributed by atoms with Crippen LogP contribution in [0.5, 0.6) is 11.9 Å². The minimum Gasteiger partial charge on any atom is -0.481 e. The normalized spacial score (nSPS) is 13.8. The monoisotopic (exact) mass is 353 g/mol. The predicted octanol–water partition coefficient (Wildman–Crippen LogP) is 3.46. The number of rotatable bonds is 4. The van der Waals surface area contributed by atoms with Crippen LogP contribution in [0.25, 0.3) is 0 Å². The van der Waals surface area contributed by atoms with Gasteiger partial charge in [0.1, 0.15) is 0 Å². The zero-order valence-corrected chi connectivity index (χ0v) is 13.9. The summed E-state index contributed by atoms with van der Waals surface area (Å²) in [4.78, 5) is 7.40. The lowest BCUT2D eigenvalue weighted by atomic mass is 9.97. The molecule has 0 bridgehead atoms. The zero-order chi connectivity index (χ0) is 18.0. The number of alkyl halides is 3. The summed E-state index contributed by atoms with van der Waals surface area (Å²) in [6.07, 6.45) is -2.71. The second-order valence-corrected chi connectivity index (χ2v) is 5.74. The van der Waals surface area contributed by atoms with E-state index >= 15 is 0 Å². The van der Waals surface area contributed by atoms with Gasteiger partial charge in [-0.3, -0.25) is 0 Å². The van der Waals surface area contributed by atoms with Crippen LogP contribution in [-0.4, -0.2) is 30.7 Å². The van der Waals surface area contributed by atoms with Gasteiger partial charge in [-0.05, 0) is 30.0 Å². The summed E-state index contributed by atoms with van der Waals surface area (Å²) in [5.41, 5.74) is 1.75. The first-order valence-corrected chi connectivity index (χ1v) is 7.84. The molecule has 0 atom stereocenters. The molecule has 1 N–H and O–H groups in total. The van der Waals surface area contributed by atoms with Crippen LogP contribution in [-0.2, 0) is 19.0 Å². The van der Waals surface area contributed by atoms with Crippen LogP contribution < -0.4 is 14.8 Å². The molecular weight excluding hydrogens is 335 g/mol. The number of methoxy groups -OCH3 is 2. The summed E-state index contributed by atoms with van der Waals surface area (Å²) in [7, 11) is 2.49. The number of anilines is 1. The minimum absolute atomic E-state index is 0.0231. The standard InChI is InChI=1S/C17H18F3N3O2/c1-24-15-12(14(17(18,19)20)22-16(23-15)25-2)9-10-5-6-13-11(8-10)4-3-7-21-13/h5-6,8,21H,3-4,7,9H2,1-2H3. The number of aryl methyl sites for hydroxylation is 1. The third-order valence-corrected chi connectivity index (χ3v) is 4.08. The molecule has 0 saturated carbocycles. The Kier molecular flexibility index (Phi) is 4.69. The minimum atomic E-state index is -4.63. The highest BCUT2D eigenvalue weighted by atomic mass is 19.4. The molecule has 0 spiro atoms. The van der Waals surface area contributed by atoms with Crippen molar-refractivity contribution in [1.29, 1.82) is 0 Å². The molecule has 134 valence electrons. The van der Waals surface area contributed by atoms with Crippen LogP contribution in [0.1, 0.15) is 28.8 Å². The predicted molar refractivity (Wildman–Crippen MR) is 86.2 cm³/mol. The molecule has 0 unspecified atom stereocenters. The molecule has 5 nitrogen and oxygen atoms in total. The maximum absolute atomic E-state index is 13.4. The van der Waals surface area contributed by atoms with Crippen LogP contribution in [0.2, 0.25) is 0 Å². The summed E-state index contributed by atoms with van der Waals surface area (Å²) < 4.78 is 50.2. The summed E-state index contributed by atoms with van der Waals surface area (Å²) in [6, 6.07) is 5.25. The van der Waals surface area contributed by atoms with Crippen LogP contribution in [0.15, 0.2) is 18.2 Å². The second kappa shape index (κ2) is 6.78. The first kappa shape index (κ1) is 17.3. The molecule has 8 heteroatoms. The van der Waals surface area contributed by atoms with Gasteiger partial charge in [-0.2, -0.15) is 23.1 Å². The summed E-state index contributed by atoms with van der Waals surface area (Å²) >= 11 is 0. The number of hydrogen-bond acceptors (Lipinski definition) is 5. The van der Waals surface area contributed by atoms with E-state index in [2.05, 4.69) is 15.3 Å². The molecule has 3 rings (SSSR count). The maximum atomic E-state index is 13.4. The van der Waals surface area contributed by atoms with Gasteiger partial charge in [0.2, 0.25) is 5.88 Å². The number of benzene rings is 1. The summed E-state index contributed by atoms with van der Waals surface area (Å²) in [6.45, 7) is 0.907. The van der Waals surface area contributed by atoms with Crippen molar-refractivity contribution in [1.82, 2.24) is 9.97 Å². The summed E-state index contributed by atoms with van der Waals surface area (Å²) in [5.74, 6) is -0.130. The SMILES string of the molecule is COc1nc(OC)c(Cc2ccc3c(c2)CCCN3)c(C(F)(F)F)n1. The van der Waals surface area contributed by atoms with Crippen LogP contribution in [0, 0.1) is 0 Å². The number of nitrogens with zero attached hydrogens (tertiary/aromatic N) is 2. The van der Waals surface area contributed by atoms with E-state index in [1.54, 1.807) is 6.07 Å². The van der Waals surface area contributed by atoms with Gasteiger partial charge in [0.25, 0.3) is 0 Å². The molecule has 2 heterocycles. The first-order valence-electron chi connectivity index (χ1n) is 7.84. The molecule has 0 fully saturated rings. The topological polar surface area (TPSA) is 56.3 Å². The number of ether oxygens (including phenoxy) is 2. The highest BCUT2D eigenvalue weighted by molar-refractivity contribution is 5.55. The lowest BCUT2D eigenvalue weighted by molar-refractivity contribution is -0.142. The third-order valence-electron chi connectivity index (χ3n) is 4.08. The molecule has 0 aliphatic carbocycles. The van der Waals surface area contributed by atoms with Crippen molar-refractivity contribution in [3.05, 3.63) is 40.6 Å². The van der Waals surface area contributed by atoms with Gasteiger partial charge in [0.05, 0.1) is 14.2 Å². The van der Waals surface area contributed by atoms with Crippen LogP contribution in [0.3, 0.4) is 0 Å². The van der Waals surface area contributed by atoms with E-state index in [1.807, 2.05) is 12.1 Å². The third kappa shape index (κ3) is 3.62. The molecular formula is C17H18F3N3O2. The smallest absolute Gasteiger partial charge is 0.434 e. The first-order chi connectivity index (χ1) is 11.9. The largest absolute Gasteiger partial charge is 0.481 e. The van der Waals surface area contributed by atoms with E-state index in [9.17, 15) is 13.2 Å². The Morgan fingerprint density at radius 3 is 2.64 bits per heavy atom. The lowest BCUT2D eigenvalue weighted by Crippen LogP contribution is -2.16. The van der Waals surface area contributed by atoms with E-state index in [1.165, 1.54) is 14.2 Å². The molecule has 1 aromatic carbocycles. The molecule has 1 aliphatic rings. The average Bonchev–Trinajstić information content (AvgIpc) is 2.60. The number of hydrogen-bond donors (Lipinski definition) is 1. The number of fused-ring (bicyclic) bond motifs is 1. The Morgan fingerprint density at radius 2 is 1.96 bits per heavy atom. The van der Waals surface area contributed by atoms with E-state index in [-0.39, 0.29) is 23.9 Å². The molecule has 0 saturated heterocycles. The zero-order valence-electron chi connectivity index (χ0n) is 13.9. The number of aromatic nitrogens is 2. The highest BCUT2D eigenvalue weighted by Gasteiger charge is 2.38. The molecule has 0 radical (unpaired) electrons. The fourth-order valence-electron chi connectivity index (χ4n) is 2.94. The Hall–Kier alpha value is -2.51. The van der Waals surface area contributed by atoms with Gasteiger partial charge in [0, 0.05) is 24.2 Å². The van der Waals surface area contributed by atoms with E-state index in [4.69, 9.17) is 9.47 Å². The Balaban J connectivity index is 2.04. The van der Waals surface area contributed by atoms with Crippen molar-refractivity contribution in [3.8, 4) is 11.9 Å². The number of nitrogens with one attached hydrogen (secondary N) is 1. The van der Waals surface area contributed by atoms with Crippen molar-refractivity contribution in [2.75, 3.05) is 26.1 Å². The molecule has 1 aliphatic heterocycles. The molecule has 0 amide bonds. The van der Waals surface area contributed by atoms with Crippen LogP contribution >= 0.6 is 0 Å². The van der Waals surface area contributed by atoms with Crippen molar-refractivity contribution in [2.24, 2.45) is 0 Å².